The summed E-state index contributed by atoms with van der Waals surface area (Å²) in [4.78, 5) is 12.4. The SMILES string of the molecule is Cc1ccc(C(N)C(=O)NC2CCc3cc(F)ccc32)cc1. The second-order valence-electron chi connectivity index (χ2n) is 5.83. The molecule has 0 saturated heterocycles. The molecule has 3 nitrogen and oxygen atoms in total. The summed E-state index contributed by atoms with van der Waals surface area (Å²) in [6.07, 6.45) is 1.56. The Hall–Kier alpha value is -2.20. The fourth-order valence-corrected chi connectivity index (χ4v) is 2.92. The molecule has 3 rings (SSSR count). The molecule has 2 unspecified atom stereocenters. The van der Waals surface area contributed by atoms with E-state index in [0.717, 1.165) is 35.1 Å². The largest absolute Gasteiger partial charge is 0.348 e. The van der Waals surface area contributed by atoms with Crippen molar-refractivity contribution in [3.05, 3.63) is 70.5 Å². The van der Waals surface area contributed by atoms with Gasteiger partial charge in [0.15, 0.2) is 0 Å². The van der Waals surface area contributed by atoms with Crippen molar-refractivity contribution in [2.75, 3.05) is 0 Å². The van der Waals surface area contributed by atoms with Crippen LogP contribution in [0.1, 0.15) is 40.8 Å². The number of fused-ring (bicyclic) bond motifs is 1. The average molecular weight is 298 g/mol. The predicted octanol–water partition coefficient (Wildman–Crippen LogP) is 2.94. The fourth-order valence-electron chi connectivity index (χ4n) is 2.92. The molecule has 2 atom stereocenters. The van der Waals surface area contributed by atoms with Gasteiger partial charge in [0, 0.05) is 0 Å². The first-order chi connectivity index (χ1) is 10.5. The van der Waals surface area contributed by atoms with Gasteiger partial charge in [-0.3, -0.25) is 4.79 Å². The lowest BCUT2D eigenvalue weighted by atomic mass is 10.0. The first kappa shape index (κ1) is 14.7. The Morgan fingerprint density at radius 2 is 2.00 bits per heavy atom. The van der Waals surface area contributed by atoms with E-state index in [0.29, 0.717) is 0 Å². The molecule has 1 amide bonds. The highest BCUT2D eigenvalue weighted by atomic mass is 19.1. The zero-order valence-electron chi connectivity index (χ0n) is 12.5. The van der Waals surface area contributed by atoms with Crippen LogP contribution < -0.4 is 11.1 Å². The molecule has 1 aliphatic carbocycles. The number of halogens is 1. The Morgan fingerprint density at radius 1 is 1.27 bits per heavy atom. The molecule has 1 aliphatic rings. The first-order valence-corrected chi connectivity index (χ1v) is 7.45. The van der Waals surface area contributed by atoms with Gasteiger partial charge in [-0.2, -0.15) is 0 Å². The van der Waals surface area contributed by atoms with Gasteiger partial charge in [-0.15, -0.1) is 0 Å². The Bertz CT molecular complexity index is 697. The number of aryl methyl sites for hydroxylation is 2. The highest BCUT2D eigenvalue weighted by Gasteiger charge is 2.26. The molecule has 2 aromatic rings. The number of nitrogens with one attached hydrogen (secondary N) is 1. The van der Waals surface area contributed by atoms with Crippen LogP contribution in [0, 0.1) is 12.7 Å². The molecule has 22 heavy (non-hydrogen) atoms. The van der Waals surface area contributed by atoms with E-state index >= 15 is 0 Å². The first-order valence-electron chi connectivity index (χ1n) is 7.45. The molecular weight excluding hydrogens is 279 g/mol. The standard InChI is InChI=1S/C18H19FN2O/c1-11-2-4-12(5-3-11)17(20)18(22)21-16-9-6-13-10-14(19)7-8-15(13)16/h2-5,7-8,10,16-17H,6,9,20H2,1H3,(H,21,22). The monoisotopic (exact) mass is 298 g/mol. The summed E-state index contributed by atoms with van der Waals surface area (Å²) in [5.74, 6) is -0.437. The fraction of sp³-hybridized carbons (Fsp3) is 0.278. The molecular formula is C18H19FN2O. The van der Waals surface area contributed by atoms with E-state index in [1.807, 2.05) is 31.2 Å². The summed E-state index contributed by atoms with van der Waals surface area (Å²) in [5, 5.41) is 2.98. The van der Waals surface area contributed by atoms with E-state index in [4.69, 9.17) is 5.73 Å². The highest BCUT2D eigenvalue weighted by Crippen LogP contribution is 2.31. The summed E-state index contributed by atoms with van der Waals surface area (Å²) in [5.41, 5.74) is 9.92. The van der Waals surface area contributed by atoms with Crippen LogP contribution in [0.4, 0.5) is 4.39 Å². The number of benzene rings is 2. The van der Waals surface area contributed by atoms with Crippen molar-refractivity contribution in [1.82, 2.24) is 5.32 Å². The van der Waals surface area contributed by atoms with Gasteiger partial charge in [0.25, 0.3) is 0 Å². The van der Waals surface area contributed by atoms with Crippen molar-refractivity contribution in [1.29, 1.82) is 0 Å². The molecule has 0 aliphatic heterocycles. The molecule has 0 heterocycles. The van der Waals surface area contributed by atoms with Gasteiger partial charge in [-0.25, -0.2) is 4.39 Å². The van der Waals surface area contributed by atoms with Crippen LogP contribution in [0.15, 0.2) is 42.5 Å². The average Bonchev–Trinajstić information content (AvgIpc) is 2.89. The summed E-state index contributed by atoms with van der Waals surface area (Å²) in [6.45, 7) is 1.99. The van der Waals surface area contributed by atoms with Crippen LogP contribution in [0.25, 0.3) is 0 Å². The predicted molar refractivity (Wildman–Crippen MR) is 83.7 cm³/mol. The number of rotatable bonds is 3. The summed E-state index contributed by atoms with van der Waals surface area (Å²) in [6, 6.07) is 11.6. The number of amides is 1. The van der Waals surface area contributed by atoms with E-state index in [9.17, 15) is 9.18 Å². The van der Waals surface area contributed by atoms with Gasteiger partial charge in [0.1, 0.15) is 11.9 Å². The van der Waals surface area contributed by atoms with Crippen LogP contribution >= 0.6 is 0 Å². The number of hydrogen-bond acceptors (Lipinski definition) is 2. The van der Waals surface area contributed by atoms with E-state index in [-0.39, 0.29) is 17.8 Å². The zero-order valence-corrected chi connectivity index (χ0v) is 12.5. The van der Waals surface area contributed by atoms with Crippen LogP contribution in [0.2, 0.25) is 0 Å². The van der Waals surface area contributed by atoms with Crippen molar-refractivity contribution in [2.24, 2.45) is 5.73 Å². The lowest BCUT2D eigenvalue weighted by molar-refractivity contribution is -0.123. The summed E-state index contributed by atoms with van der Waals surface area (Å²) in [7, 11) is 0. The number of carbonyl (C=O) groups excluding carboxylic acids is 1. The molecule has 4 heteroatoms. The third-order valence-corrected chi connectivity index (χ3v) is 4.22. The molecule has 114 valence electrons. The second kappa shape index (κ2) is 5.89. The number of carbonyl (C=O) groups is 1. The number of nitrogens with two attached hydrogens (primary N) is 1. The molecule has 0 aromatic heterocycles. The smallest absolute Gasteiger partial charge is 0.241 e. The van der Waals surface area contributed by atoms with Crippen molar-refractivity contribution < 1.29 is 9.18 Å². The van der Waals surface area contributed by atoms with Crippen molar-refractivity contribution in [2.45, 2.75) is 31.8 Å². The number of hydrogen-bond donors (Lipinski definition) is 2. The quantitative estimate of drug-likeness (QED) is 0.915. The van der Waals surface area contributed by atoms with Gasteiger partial charge in [-0.05, 0) is 48.6 Å². The summed E-state index contributed by atoms with van der Waals surface area (Å²) < 4.78 is 13.2. The van der Waals surface area contributed by atoms with E-state index in [1.54, 1.807) is 12.1 Å². The summed E-state index contributed by atoms with van der Waals surface area (Å²) >= 11 is 0. The van der Waals surface area contributed by atoms with Crippen LogP contribution in [0.3, 0.4) is 0 Å². The molecule has 0 spiro atoms. The maximum absolute atomic E-state index is 13.2. The Balaban J connectivity index is 1.72. The molecule has 0 saturated carbocycles. The lowest BCUT2D eigenvalue weighted by Gasteiger charge is -2.18. The molecule has 2 aromatic carbocycles. The van der Waals surface area contributed by atoms with Crippen molar-refractivity contribution in [3.63, 3.8) is 0 Å². The van der Waals surface area contributed by atoms with Gasteiger partial charge >= 0.3 is 0 Å². The molecule has 0 bridgehead atoms. The van der Waals surface area contributed by atoms with Gasteiger partial charge in [-0.1, -0.05) is 35.9 Å². The third-order valence-electron chi connectivity index (χ3n) is 4.22. The minimum absolute atomic E-state index is 0.0837. The Morgan fingerprint density at radius 3 is 2.73 bits per heavy atom. The normalized spacial score (nSPS) is 17.9. The van der Waals surface area contributed by atoms with Crippen molar-refractivity contribution in [3.8, 4) is 0 Å². The molecule has 0 fully saturated rings. The van der Waals surface area contributed by atoms with Crippen LogP contribution in [-0.4, -0.2) is 5.91 Å². The maximum atomic E-state index is 13.2. The zero-order chi connectivity index (χ0) is 15.7. The van der Waals surface area contributed by atoms with E-state index in [1.165, 1.54) is 6.07 Å². The minimum Gasteiger partial charge on any atom is -0.348 e. The Kier molecular flexibility index (Phi) is 3.94. The third kappa shape index (κ3) is 2.88. The Labute approximate surface area is 129 Å². The topological polar surface area (TPSA) is 55.1 Å². The molecule has 3 N–H and O–H groups in total. The van der Waals surface area contributed by atoms with Gasteiger partial charge in [0.05, 0.1) is 6.04 Å². The van der Waals surface area contributed by atoms with E-state index in [2.05, 4.69) is 5.32 Å². The highest BCUT2D eigenvalue weighted by molar-refractivity contribution is 5.83. The van der Waals surface area contributed by atoms with Crippen LogP contribution in [-0.2, 0) is 11.2 Å². The van der Waals surface area contributed by atoms with E-state index < -0.39 is 6.04 Å². The van der Waals surface area contributed by atoms with Gasteiger partial charge < -0.3 is 11.1 Å². The molecule has 0 radical (unpaired) electrons. The van der Waals surface area contributed by atoms with Gasteiger partial charge in [0.2, 0.25) is 5.91 Å². The minimum atomic E-state index is -0.690. The van der Waals surface area contributed by atoms with Crippen LogP contribution in [0.5, 0.6) is 0 Å². The lowest BCUT2D eigenvalue weighted by Crippen LogP contribution is -2.36. The maximum Gasteiger partial charge on any atom is 0.241 e. The van der Waals surface area contributed by atoms with Crippen molar-refractivity contribution >= 4 is 5.91 Å². The second-order valence-corrected chi connectivity index (χ2v) is 5.83.